The molecule has 108 valence electrons. The fraction of sp³-hybridized carbons (Fsp3) is 0.643. The predicted molar refractivity (Wildman–Crippen MR) is 65.2 cm³/mol. The summed E-state index contributed by atoms with van der Waals surface area (Å²) in [6.07, 6.45) is 0.679. The van der Waals surface area contributed by atoms with Crippen molar-refractivity contribution in [1.29, 1.82) is 0 Å². The topological polar surface area (TPSA) is 78.9 Å². The SMILES string of the molecule is C=C(CC(=O)OC)C(=O)OC1C2CC3C(=O)OC1C3C2. The molecule has 3 aliphatic rings. The minimum Gasteiger partial charge on any atom is -0.469 e. The van der Waals surface area contributed by atoms with E-state index in [-0.39, 0.29) is 41.8 Å². The van der Waals surface area contributed by atoms with Crippen LogP contribution in [0.2, 0.25) is 0 Å². The van der Waals surface area contributed by atoms with Crippen molar-refractivity contribution in [3.05, 3.63) is 12.2 Å². The van der Waals surface area contributed by atoms with Crippen molar-refractivity contribution in [1.82, 2.24) is 0 Å². The number of rotatable bonds is 4. The molecule has 0 aromatic carbocycles. The van der Waals surface area contributed by atoms with E-state index in [1.807, 2.05) is 0 Å². The van der Waals surface area contributed by atoms with Gasteiger partial charge in [-0.25, -0.2) is 4.79 Å². The molecule has 0 N–H and O–H groups in total. The quantitative estimate of drug-likeness (QED) is 0.426. The van der Waals surface area contributed by atoms with Gasteiger partial charge in [0.15, 0.2) is 0 Å². The second-order valence-electron chi connectivity index (χ2n) is 5.63. The van der Waals surface area contributed by atoms with Crippen LogP contribution in [-0.2, 0) is 28.6 Å². The van der Waals surface area contributed by atoms with Crippen LogP contribution >= 0.6 is 0 Å². The Bertz CT molecular complexity index is 496. The lowest BCUT2D eigenvalue weighted by atomic mass is 9.88. The molecule has 0 amide bonds. The average molecular weight is 280 g/mol. The zero-order valence-electron chi connectivity index (χ0n) is 11.2. The van der Waals surface area contributed by atoms with Crippen LogP contribution in [0.25, 0.3) is 0 Å². The molecule has 5 unspecified atom stereocenters. The Hall–Kier alpha value is -1.85. The summed E-state index contributed by atoms with van der Waals surface area (Å²) in [6, 6.07) is 0. The van der Waals surface area contributed by atoms with Crippen LogP contribution in [0.3, 0.4) is 0 Å². The molecular formula is C14H16O6. The van der Waals surface area contributed by atoms with Gasteiger partial charge >= 0.3 is 17.9 Å². The Kier molecular flexibility index (Phi) is 3.03. The van der Waals surface area contributed by atoms with Crippen molar-refractivity contribution in [2.24, 2.45) is 17.8 Å². The van der Waals surface area contributed by atoms with Gasteiger partial charge in [-0.05, 0) is 12.8 Å². The van der Waals surface area contributed by atoms with Gasteiger partial charge in [-0.1, -0.05) is 6.58 Å². The van der Waals surface area contributed by atoms with Gasteiger partial charge in [0.05, 0.1) is 19.4 Å². The minimum absolute atomic E-state index is 0.0155. The highest BCUT2D eigenvalue weighted by Crippen LogP contribution is 2.55. The number of carbonyl (C=O) groups is 3. The first kappa shape index (κ1) is 13.1. The lowest BCUT2D eigenvalue weighted by molar-refractivity contribution is -0.159. The van der Waals surface area contributed by atoms with Crippen LogP contribution in [0, 0.1) is 17.8 Å². The van der Waals surface area contributed by atoms with E-state index in [0.717, 1.165) is 12.8 Å². The summed E-state index contributed by atoms with van der Waals surface area (Å²) in [7, 11) is 1.25. The molecule has 0 radical (unpaired) electrons. The molecule has 0 aromatic heterocycles. The molecule has 1 aliphatic heterocycles. The van der Waals surface area contributed by atoms with Gasteiger partial charge in [0, 0.05) is 17.4 Å². The van der Waals surface area contributed by atoms with E-state index in [1.54, 1.807) is 0 Å². The standard InChI is InChI=1S/C14H16O6/c1-6(3-10(15)18-2)13(16)19-11-7-4-8-9(5-7)14(17)20-12(8)11/h7-9,11-12H,1,3-5H2,2H3. The molecule has 2 aliphatic carbocycles. The summed E-state index contributed by atoms with van der Waals surface area (Å²) in [5.74, 6) is -0.983. The van der Waals surface area contributed by atoms with Crippen LogP contribution in [0.4, 0.5) is 0 Å². The van der Waals surface area contributed by atoms with Crippen LogP contribution in [0.1, 0.15) is 19.3 Å². The van der Waals surface area contributed by atoms with Gasteiger partial charge in [-0.2, -0.15) is 0 Å². The molecule has 0 spiro atoms. The maximum absolute atomic E-state index is 11.9. The van der Waals surface area contributed by atoms with Crippen LogP contribution in [-0.4, -0.2) is 37.2 Å². The van der Waals surface area contributed by atoms with Gasteiger partial charge in [-0.3, -0.25) is 9.59 Å². The van der Waals surface area contributed by atoms with E-state index >= 15 is 0 Å². The largest absolute Gasteiger partial charge is 0.469 e. The van der Waals surface area contributed by atoms with Crippen molar-refractivity contribution in [3.8, 4) is 0 Å². The number of ether oxygens (including phenoxy) is 3. The van der Waals surface area contributed by atoms with E-state index in [1.165, 1.54) is 7.11 Å². The molecule has 3 fully saturated rings. The van der Waals surface area contributed by atoms with Gasteiger partial charge in [0.1, 0.15) is 12.2 Å². The summed E-state index contributed by atoms with van der Waals surface area (Å²) in [4.78, 5) is 34.6. The normalized spacial score (nSPS) is 36.6. The second kappa shape index (κ2) is 4.61. The number of hydrogen-bond acceptors (Lipinski definition) is 6. The summed E-state index contributed by atoms with van der Waals surface area (Å²) >= 11 is 0. The van der Waals surface area contributed by atoms with Gasteiger partial charge in [-0.15, -0.1) is 0 Å². The molecular weight excluding hydrogens is 264 g/mol. The highest BCUT2D eigenvalue weighted by molar-refractivity contribution is 5.93. The predicted octanol–water partition coefficient (Wildman–Crippen LogP) is 0.599. The Morgan fingerprint density at radius 3 is 2.85 bits per heavy atom. The Morgan fingerprint density at radius 2 is 2.15 bits per heavy atom. The van der Waals surface area contributed by atoms with Crippen LogP contribution < -0.4 is 0 Å². The first-order chi connectivity index (χ1) is 9.51. The van der Waals surface area contributed by atoms with E-state index in [2.05, 4.69) is 11.3 Å². The number of carbonyl (C=O) groups excluding carboxylic acids is 3. The first-order valence-corrected chi connectivity index (χ1v) is 6.67. The molecule has 2 saturated carbocycles. The van der Waals surface area contributed by atoms with E-state index in [9.17, 15) is 14.4 Å². The molecule has 3 rings (SSSR count). The summed E-state index contributed by atoms with van der Waals surface area (Å²) in [5, 5.41) is 0. The first-order valence-electron chi connectivity index (χ1n) is 6.67. The summed E-state index contributed by atoms with van der Waals surface area (Å²) in [6.45, 7) is 3.54. The maximum Gasteiger partial charge on any atom is 0.334 e. The van der Waals surface area contributed by atoms with E-state index < -0.39 is 18.0 Å². The molecule has 6 nitrogen and oxygen atoms in total. The summed E-state index contributed by atoms with van der Waals surface area (Å²) < 4.78 is 15.2. The fourth-order valence-corrected chi connectivity index (χ4v) is 3.59. The third-order valence-electron chi connectivity index (χ3n) is 4.53. The molecule has 2 bridgehead atoms. The summed E-state index contributed by atoms with van der Waals surface area (Å²) in [5.41, 5.74) is 0.0560. The molecule has 5 atom stereocenters. The van der Waals surface area contributed by atoms with Gasteiger partial charge in [0.25, 0.3) is 0 Å². The van der Waals surface area contributed by atoms with Crippen molar-refractivity contribution in [2.45, 2.75) is 31.5 Å². The third-order valence-corrected chi connectivity index (χ3v) is 4.53. The monoisotopic (exact) mass is 280 g/mol. The van der Waals surface area contributed by atoms with Crippen molar-refractivity contribution >= 4 is 17.9 Å². The lowest BCUT2D eigenvalue weighted by Crippen LogP contribution is -2.36. The lowest BCUT2D eigenvalue weighted by Gasteiger charge is -2.25. The Morgan fingerprint density at radius 1 is 1.40 bits per heavy atom. The Labute approximate surface area is 116 Å². The smallest absolute Gasteiger partial charge is 0.334 e. The highest BCUT2D eigenvalue weighted by Gasteiger charge is 2.63. The minimum atomic E-state index is -0.618. The molecule has 6 heteroatoms. The molecule has 20 heavy (non-hydrogen) atoms. The van der Waals surface area contributed by atoms with Gasteiger partial charge < -0.3 is 14.2 Å². The van der Waals surface area contributed by atoms with E-state index in [0.29, 0.717) is 0 Å². The number of fused-ring (bicyclic) bond motifs is 1. The maximum atomic E-state index is 11.9. The average Bonchev–Trinajstić information content (AvgIpc) is 3.02. The van der Waals surface area contributed by atoms with E-state index in [4.69, 9.17) is 9.47 Å². The number of esters is 3. The zero-order chi connectivity index (χ0) is 14.4. The molecule has 1 heterocycles. The van der Waals surface area contributed by atoms with Crippen molar-refractivity contribution in [3.63, 3.8) is 0 Å². The molecule has 0 aromatic rings. The fourth-order valence-electron chi connectivity index (χ4n) is 3.59. The number of methoxy groups -OCH3 is 1. The second-order valence-corrected chi connectivity index (χ2v) is 5.63. The zero-order valence-corrected chi connectivity index (χ0v) is 11.2. The molecule has 1 saturated heterocycles. The third kappa shape index (κ3) is 1.90. The number of hydrogen-bond donors (Lipinski definition) is 0. The Balaban J connectivity index is 1.62. The van der Waals surface area contributed by atoms with Crippen molar-refractivity contribution in [2.75, 3.05) is 7.11 Å². The van der Waals surface area contributed by atoms with Crippen molar-refractivity contribution < 1.29 is 28.6 Å². The van der Waals surface area contributed by atoms with Crippen LogP contribution in [0.15, 0.2) is 12.2 Å². The highest BCUT2D eigenvalue weighted by atomic mass is 16.6. The van der Waals surface area contributed by atoms with Gasteiger partial charge in [0.2, 0.25) is 0 Å². The van der Waals surface area contributed by atoms with Crippen LogP contribution in [0.5, 0.6) is 0 Å².